The molecule has 1 aromatic rings. The second kappa shape index (κ2) is 5.89. The SMILES string of the molecule is COc1ccc(C(C)NC(=O)C2C=CC(N)C2)cc1. The van der Waals surface area contributed by atoms with E-state index in [-0.39, 0.29) is 23.9 Å². The Hall–Kier alpha value is -1.81. The molecule has 0 bridgehead atoms. The maximum atomic E-state index is 12.1. The highest BCUT2D eigenvalue weighted by molar-refractivity contribution is 5.81. The molecule has 2 rings (SSSR count). The Bertz CT molecular complexity index is 468. The molecule has 0 spiro atoms. The Labute approximate surface area is 113 Å². The number of benzene rings is 1. The molecule has 0 aromatic heterocycles. The summed E-state index contributed by atoms with van der Waals surface area (Å²) >= 11 is 0. The third kappa shape index (κ3) is 3.35. The van der Waals surface area contributed by atoms with Crippen LogP contribution in [0.2, 0.25) is 0 Å². The van der Waals surface area contributed by atoms with Gasteiger partial charge in [0.2, 0.25) is 5.91 Å². The highest BCUT2D eigenvalue weighted by atomic mass is 16.5. The van der Waals surface area contributed by atoms with Crippen LogP contribution in [-0.2, 0) is 4.79 Å². The topological polar surface area (TPSA) is 64.3 Å². The fourth-order valence-corrected chi connectivity index (χ4v) is 2.22. The third-order valence-electron chi connectivity index (χ3n) is 3.43. The molecule has 4 heteroatoms. The monoisotopic (exact) mass is 260 g/mol. The zero-order valence-electron chi connectivity index (χ0n) is 11.3. The fourth-order valence-electron chi connectivity index (χ4n) is 2.22. The van der Waals surface area contributed by atoms with Gasteiger partial charge in [-0.15, -0.1) is 0 Å². The van der Waals surface area contributed by atoms with Gasteiger partial charge in [0.05, 0.1) is 19.1 Å². The Kier molecular flexibility index (Phi) is 4.22. The maximum absolute atomic E-state index is 12.1. The molecule has 3 N–H and O–H groups in total. The largest absolute Gasteiger partial charge is 0.497 e. The molecule has 0 saturated carbocycles. The lowest BCUT2D eigenvalue weighted by atomic mass is 10.0. The molecule has 1 amide bonds. The number of nitrogens with two attached hydrogens (primary N) is 1. The van der Waals surface area contributed by atoms with Crippen LogP contribution in [-0.4, -0.2) is 19.1 Å². The van der Waals surface area contributed by atoms with E-state index in [1.807, 2.05) is 43.3 Å². The minimum Gasteiger partial charge on any atom is -0.497 e. The Morgan fingerprint density at radius 2 is 2.05 bits per heavy atom. The summed E-state index contributed by atoms with van der Waals surface area (Å²) in [5.74, 6) is 0.746. The normalized spacial score (nSPS) is 23.1. The lowest BCUT2D eigenvalue weighted by Gasteiger charge is -2.17. The Morgan fingerprint density at radius 1 is 1.37 bits per heavy atom. The van der Waals surface area contributed by atoms with Gasteiger partial charge in [-0.3, -0.25) is 4.79 Å². The number of carbonyl (C=O) groups is 1. The van der Waals surface area contributed by atoms with E-state index in [2.05, 4.69) is 5.32 Å². The number of ether oxygens (including phenoxy) is 1. The number of hydrogen-bond donors (Lipinski definition) is 2. The molecule has 3 atom stereocenters. The average Bonchev–Trinajstić information content (AvgIpc) is 2.85. The van der Waals surface area contributed by atoms with Crippen molar-refractivity contribution in [2.75, 3.05) is 7.11 Å². The van der Waals surface area contributed by atoms with Crippen molar-refractivity contribution in [3.05, 3.63) is 42.0 Å². The van der Waals surface area contributed by atoms with Crippen molar-refractivity contribution in [1.29, 1.82) is 0 Å². The summed E-state index contributed by atoms with van der Waals surface area (Å²) in [7, 11) is 1.63. The number of nitrogens with one attached hydrogen (secondary N) is 1. The van der Waals surface area contributed by atoms with Crippen LogP contribution >= 0.6 is 0 Å². The van der Waals surface area contributed by atoms with Gasteiger partial charge in [-0.2, -0.15) is 0 Å². The molecule has 0 saturated heterocycles. The van der Waals surface area contributed by atoms with E-state index < -0.39 is 0 Å². The van der Waals surface area contributed by atoms with Crippen molar-refractivity contribution in [2.45, 2.75) is 25.4 Å². The number of rotatable bonds is 4. The number of hydrogen-bond acceptors (Lipinski definition) is 3. The van der Waals surface area contributed by atoms with E-state index in [1.54, 1.807) is 7.11 Å². The van der Waals surface area contributed by atoms with Crippen LogP contribution in [0.15, 0.2) is 36.4 Å². The summed E-state index contributed by atoms with van der Waals surface area (Å²) in [6.45, 7) is 1.97. The van der Waals surface area contributed by atoms with Crippen LogP contribution < -0.4 is 15.8 Å². The highest BCUT2D eigenvalue weighted by Gasteiger charge is 2.23. The number of amides is 1. The lowest BCUT2D eigenvalue weighted by molar-refractivity contribution is -0.124. The maximum Gasteiger partial charge on any atom is 0.227 e. The zero-order valence-corrected chi connectivity index (χ0v) is 11.3. The van der Waals surface area contributed by atoms with Crippen molar-refractivity contribution in [2.24, 2.45) is 11.7 Å². The predicted molar refractivity (Wildman–Crippen MR) is 74.8 cm³/mol. The first-order valence-corrected chi connectivity index (χ1v) is 6.48. The van der Waals surface area contributed by atoms with Gasteiger partial charge < -0.3 is 15.8 Å². The molecular weight excluding hydrogens is 240 g/mol. The van der Waals surface area contributed by atoms with Gasteiger partial charge >= 0.3 is 0 Å². The smallest absolute Gasteiger partial charge is 0.227 e. The standard InChI is InChI=1S/C15H20N2O2/c1-10(11-4-7-14(19-2)8-5-11)17-15(18)12-3-6-13(16)9-12/h3-8,10,12-13H,9,16H2,1-2H3,(H,17,18). The summed E-state index contributed by atoms with van der Waals surface area (Å²) < 4.78 is 5.11. The van der Waals surface area contributed by atoms with Gasteiger partial charge in [0.1, 0.15) is 5.75 Å². The number of methoxy groups -OCH3 is 1. The fraction of sp³-hybridized carbons (Fsp3) is 0.400. The molecule has 1 aliphatic rings. The van der Waals surface area contributed by atoms with Crippen LogP contribution in [0.1, 0.15) is 24.9 Å². The van der Waals surface area contributed by atoms with Crippen molar-refractivity contribution in [3.63, 3.8) is 0 Å². The first kappa shape index (κ1) is 13.6. The second-order valence-electron chi connectivity index (χ2n) is 4.89. The van der Waals surface area contributed by atoms with E-state index in [0.29, 0.717) is 6.42 Å². The molecule has 3 unspecified atom stereocenters. The molecule has 0 aliphatic heterocycles. The molecule has 19 heavy (non-hydrogen) atoms. The van der Waals surface area contributed by atoms with E-state index in [0.717, 1.165) is 11.3 Å². The summed E-state index contributed by atoms with van der Waals surface area (Å²) in [4.78, 5) is 12.1. The Morgan fingerprint density at radius 3 is 2.58 bits per heavy atom. The van der Waals surface area contributed by atoms with Crippen LogP contribution in [0.4, 0.5) is 0 Å². The predicted octanol–water partition coefficient (Wildman–Crippen LogP) is 1.78. The average molecular weight is 260 g/mol. The van der Waals surface area contributed by atoms with Crippen molar-refractivity contribution >= 4 is 5.91 Å². The molecule has 0 fully saturated rings. The molecule has 0 heterocycles. The van der Waals surface area contributed by atoms with Gasteiger partial charge in [0.25, 0.3) is 0 Å². The van der Waals surface area contributed by atoms with Crippen LogP contribution in [0.3, 0.4) is 0 Å². The van der Waals surface area contributed by atoms with Crippen molar-refractivity contribution < 1.29 is 9.53 Å². The zero-order chi connectivity index (χ0) is 13.8. The summed E-state index contributed by atoms with van der Waals surface area (Å²) in [5, 5.41) is 3.01. The molecule has 1 aliphatic carbocycles. The molecule has 102 valence electrons. The Balaban J connectivity index is 1.94. The highest BCUT2D eigenvalue weighted by Crippen LogP contribution is 2.20. The lowest BCUT2D eigenvalue weighted by Crippen LogP contribution is -2.32. The quantitative estimate of drug-likeness (QED) is 0.811. The van der Waals surface area contributed by atoms with Gasteiger partial charge in [-0.05, 0) is 31.0 Å². The van der Waals surface area contributed by atoms with E-state index in [9.17, 15) is 4.79 Å². The molecule has 4 nitrogen and oxygen atoms in total. The minimum absolute atomic E-state index is 0.00652. The van der Waals surface area contributed by atoms with Crippen molar-refractivity contribution in [1.82, 2.24) is 5.32 Å². The van der Waals surface area contributed by atoms with E-state index in [4.69, 9.17) is 10.5 Å². The summed E-state index contributed by atoms with van der Waals surface area (Å²) in [6.07, 6.45) is 4.48. The molecule has 0 radical (unpaired) electrons. The first-order valence-electron chi connectivity index (χ1n) is 6.48. The molecular formula is C15H20N2O2. The second-order valence-corrected chi connectivity index (χ2v) is 4.89. The van der Waals surface area contributed by atoms with E-state index in [1.165, 1.54) is 0 Å². The van der Waals surface area contributed by atoms with Crippen LogP contribution in [0.5, 0.6) is 5.75 Å². The van der Waals surface area contributed by atoms with Gasteiger partial charge in [-0.1, -0.05) is 24.3 Å². The molecule has 1 aromatic carbocycles. The van der Waals surface area contributed by atoms with Gasteiger partial charge in [-0.25, -0.2) is 0 Å². The van der Waals surface area contributed by atoms with Crippen molar-refractivity contribution in [3.8, 4) is 5.75 Å². The van der Waals surface area contributed by atoms with Gasteiger partial charge in [0, 0.05) is 6.04 Å². The minimum atomic E-state index is -0.101. The third-order valence-corrected chi connectivity index (χ3v) is 3.43. The number of carbonyl (C=O) groups excluding carboxylic acids is 1. The first-order chi connectivity index (χ1) is 9.10. The summed E-state index contributed by atoms with van der Waals surface area (Å²) in [5.41, 5.74) is 6.81. The van der Waals surface area contributed by atoms with Gasteiger partial charge in [0.15, 0.2) is 0 Å². The van der Waals surface area contributed by atoms with Crippen LogP contribution in [0, 0.1) is 5.92 Å². The van der Waals surface area contributed by atoms with Crippen LogP contribution in [0.25, 0.3) is 0 Å². The summed E-state index contributed by atoms with van der Waals surface area (Å²) in [6, 6.07) is 7.68. The van der Waals surface area contributed by atoms with E-state index >= 15 is 0 Å².